The van der Waals surface area contributed by atoms with Crippen molar-refractivity contribution in [2.45, 2.75) is 64.8 Å². The maximum atomic E-state index is 13.7. The van der Waals surface area contributed by atoms with E-state index in [1.165, 1.54) is 0 Å². The number of aromatic nitrogens is 3. The first kappa shape index (κ1) is 24.8. The second-order valence-electron chi connectivity index (χ2n) is 11.8. The normalized spacial score (nSPS) is 18.4. The van der Waals surface area contributed by atoms with Gasteiger partial charge in [0.2, 0.25) is 5.91 Å². The summed E-state index contributed by atoms with van der Waals surface area (Å²) in [5.74, 6) is 0.273. The van der Waals surface area contributed by atoms with Crippen LogP contribution in [0.4, 0.5) is 0 Å². The molecule has 5 rings (SSSR count). The summed E-state index contributed by atoms with van der Waals surface area (Å²) in [6.07, 6.45) is 4.84. The average Bonchev–Trinajstić information content (AvgIpc) is 3.20. The molecule has 0 N–H and O–H groups in total. The molecule has 1 saturated heterocycles. The molecule has 0 bridgehead atoms. The molecule has 3 aromatic rings. The molecule has 0 unspecified atom stereocenters. The van der Waals surface area contributed by atoms with Crippen LogP contribution in [0.25, 0.3) is 16.9 Å². The third-order valence-electron chi connectivity index (χ3n) is 7.51. The van der Waals surface area contributed by atoms with Crippen molar-refractivity contribution >= 4 is 29.1 Å². The molecule has 2 aliphatic rings. The standard InChI is InChI=1S/C28H34ClN5O2/c1-27(2,3)21-15-22(18-9-11-20(29)12-10-18)31-34-16-23(30-24(21)34)26(36)33-14-13-32(17-28(33,4)5)25(35)19-7-6-8-19/h9-12,15-16,19H,6-8,13-14,17H2,1-5H3. The topological polar surface area (TPSA) is 70.8 Å². The lowest BCUT2D eigenvalue weighted by Gasteiger charge is -2.48. The SMILES string of the molecule is CC(C)(C)c1cc(-c2ccc(Cl)cc2)nn2cc(C(=O)N3CCN(C(=O)C4CCC4)CC3(C)C)nc12. The highest BCUT2D eigenvalue weighted by molar-refractivity contribution is 6.30. The van der Waals surface area contributed by atoms with Gasteiger partial charge in [-0.15, -0.1) is 0 Å². The highest BCUT2D eigenvalue weighted by atomic mass is 35.5. The molecule has 8 heteroatoms. The summed E-state index contributed by atoms with van der Waals surface area (Å²) < 4.78 is 1.72. The Morgan fingerprint density at radius 2 is 1.78 bits per heavy atom. The summed E-state index contributed by atoms with van der Waals surface area (Å²) >= 11 is 6.09. The number of benzene rings is 1. The van der Waals surface area contributed by atoms with Crippen LogP contribution in [0.15, 0.2) is 36.5 Å². The van der Waals surface area contributed by atoms with Crippen LogP contribution >= 0.6 is 11.6 Å². The van der Waals surface area contributed by atoms with Crippen LogP contribution in [0, 0.1) is 5.92 Å². The van der Waals surface area contributed by atoms with Crippen LogP contribution in [0.1, 0.15) is 69.9 Å². The molecule has 0 atom stereocenters. The quantitative estimate of drug-likeness (QED) is 0.488. The zero-order chi connectivity index (χ0) is 25.8. The number of hydrogen-bond acceptors (Lipinski definition) is 4. The lowest BCUT2D eigenvalue weighted by Crippen LogP contribution is -2.63. The highest BCUT2D eigenvalue weighted by Crippen LogP contribution is 2.33. The van der Waals surface area contributed by atoms with Gasteiger partial charge in [0.15, 0.2) is 5.65 Å². The fraction of sp³-hybridized carbons (Fsp3) is 0.500. The molecule has 2 aromatic heterocycles. The Morgan fingerprint density at radius 1 is 1.08 bits per heavy atom. The molecule has 36 heavy (non-hydrogen) atoms. The number of piperazine rings is 1. The third-order valence-corrected chi connectivity index (χ3v) is 7.76. The van der Waals surface area contributed by atoms with Crippen LogP contribution < -0.4 is 0 Å². The Morgan fingerprint density at radius 3 is 2.36 bits per heavy atom. The summed E-state index contributed by atoms with van der Waals surface area (Å²) in [7, 11) is 0. The van der Waals surface area contributed by atoms with Crippen molar-refractivity contribution in [1.82, 2.24) is 24.4 Å². The Kier molecular flexibility index (Phi) is 6.10. The van der Waals surface area contributed by atoms with Gasteiger partial charge in [-0.1, -0.05) is 50.9 Å². The van der Waals surface area contributed by atoms with Crippen molar-refractivity contribution in [1.29, 1.82) is 0 Å². The van der Waals surface area contributed by atoms with Crippen LogP contribution in [-0.2, 0) is 10.2 Å². The zero-order valence-corrected chi connectivity index (χ0v) is 22.5. The molecule has 0 radical (unpaired) electrons. The van der Waals surface area contributed by atoms with E-state index in [4.69, 9.17) is 21.7 Å². The van der Waals surface area contributed by atoms with Gasteiger partial charge in [0, 0.05) is 41.7 Å². The number of rotatable bonds is 3. The van der Waals surface area contributed by atoms with Crippen LogP contribution in [0.5, 0.6) is 0 Å². The molecule has 1 aromatic carbocycles. The van der Waals surface area contributed by atoms with Crippen molar-refractivity contribution in [3.8, 4) is 11.3 Å². The predicted octanol–water partition coefficient (Wildman–Crippen LogP) is 5.21. The second-order valence-corrected chi connectivity index (χ2v) is 12.2. The maximum absolute atomic E-state index is 13.7. The summed E-state index contributed by atoms with van der Waals surface area (Å²) in [6.45, 7) is 12.0. The van der Waals surface area contributed by atoms with E-state index in [-0.39, 0.29) is 23.1 Å². The number of fused-ring (bicyclic) bond motifs is 1. The molecular formula is C28H34ClN5O2. The first-order chi connectivity index (χ1) is 16.9. The van der Waals surface area contributed by atoms with Crippen molar-refractivity contribution < 1.29 is 9.59 Å². The Labute approximate surface area is 217 Å². The van der Waals surface area contributed by atoms with E-state index in [1.54, 1.807) is 10.7 Å². The molecule has 7 nitrogen and oxygen atoms in total. The van der Waals surface area contributed by atoms with Crippen molar-refractivity contribution in [3.05, 3.63) is 52.8 Å². The number of amides is 2. The lowest BCUT2D eigenvalue weighted by molar-refractivity contribution is -0.142. The van der Waals surface area contributed by atoms with Gasteiger partial charge in [0.1, 0.15) is 5.69 Å². The Bertz CT molecular complexity index is 1320. The molecule has 0 spiro atoms. The van der Waals surface area contributed by atoms with Crippen molar-refractivity contribution in [3.63, 3.8) is 0 Å². The van der Waals surface area contributed by atoms with Crippen LogP contribution in [-0.4, -0.2) is 61.4 Å². The Hall–Kier alpha value is -2.93. The molecule has 3 heterocycles. The number of carbonyl (C=O) groups is 2. The minimum absolute atomic E-state index is 0.130. The van der Waals surface area contributed by atoms with E-state index in [9.17, 15) is 9.59 Å². The van der Waals surface area contributed by atoms with Gasteiger partial charge in [-0.3, -0.25) is 9.59 Å². The maximum Gasteiger partial charge on any atom is 0.274 e. The minimum atomic E-state index is -0.487. The number of halogens is 1. The van der Waals surface area contributed by atoms with Gasteiger partial charge in [0.25, 0.3) is 5.91 Å². The van der Waals surface area contributed by atoms with Crippen molar-refractivity contribution in [2.24, 2.45) is 5.92 Å². The molecular weight excluding hydrogens is 474 g/mol. The van der Waals surface area contributed by atoms with Crippen LogP contribution in [0.2, 0.25) is 5.02 Å². The molecule has 190 valence electrons. The largest absolute Gasteiger partial charge is 0.338 e. The predicted molar refractivity (Wildman–Crippen MR) is 141 cm³/mol. The first-order valence-corrected chi connectivity index (χ1v) is 13.1. The van der Waals surface area contributed by atoms with E-state index >= 15 is 0 Å². The Balaban J connectivity index is 1.47. The first-order valence-electron chi connectivity index (χ1n) is 12.7. The van der Waals surface area contributed by atoms with Crippen molar-refractivity contribution in [2.75, 3.05) is 19.6 Å². The highest BCUT2D eigenvalue weighted by Gasteiger charge is 2.41. The van der Waals surface area contributed by atoms with E-state index in [0.29, 0.717) is 36.0 Å². The van der Waals surface area contributed by atoms with E-state index in [1.807, 2.05) is 47.9 Å². The molecule has 1 saturated carbocycles. The molecule has 2 fully saturated rings. The number of imidazole rings is 1. The summed E-state index contributed by atoms with van der Waals surface area (Å²) in [5.41, 5.74) is 3.11. The van der Waals surface area contributed by atoms with Crippen LogP contribution in [0.3, 0.4) is 0 Å². The van der Waals surface area contributed by atoms with Gasteiger partial charge in [-0.25, -0.2) is 9.50 Å². The van der Waals surface area contributed by atoms with Gasteiger partial charge < -0.3 is 9.80 Å². The second kappa shape index (κ2) is 8.87. The van der Waals surface area contributed by atoms with E-state index in [2.05, 4.69) is 26.8 Å². The summed E-state index contributed by atoms with van der Waals surface area (Å²) in [6, 6.07) is 9.63. The van der Waals surface area contributed by atoms with E-state index < -0.39 is 5.54 Å². The summed E-state index contributed by atoms with van der Waals surface area (Å²) in [5, 5.41) is 5.46. The van der Waals surface area contributed by atoms with Gasteiger partial charge in [0.05, 0.1) is 17.4 Å². The molecule has 2 amide bonds. The summed E-state index contributed by atoms with van der Waals surface area (Å²) in [4.78, 5) is 35.1. The lowest BCUT2D eigenvalue weighted by atomic mass is 9.83. The monoisotopic (exact) mass is 507 g/mol. The molecule has 1 aliphatic carbocycles. The fourth-order valence-corrected chi connectivity index (χ4v) is 5.29. The zero-order valence-electron chi connectivity index (χ0n) is 21.7. The van der Waals surface area contributed by atoms with Gasteiger partial charge in [-0.05, 0) is 50.3 Å². The minimum Gasteiger partial charge on any atom is -0.338 e. The number of carbonyl (C=O) groups excluding carboxylic acids is 2. The molecule has 1 aliphatic heterocycles. The van der Waals surface area contributed by atoms with E-state index in [0.717, 1.165) is 36.1 Å². The average molecular weight is 508 g/mol. The fourth-order valence-electron chi connectivity index (χ4n) is 5.16. The smallest absolute Gasteiger partial charge is 0.274 e. The van der Waals surface area contributed by atoms with Gasteiger partial charge >= 0.3 is 0 Å². The van der Waals surface area contributed by atoms with Gasteiger partial charge in [-0.2, -0.15) is 5.10 Å². The third kappa shape index (κ3) is 4.49. The number of hydrogen-bond donors (Lipinski definition) is 0. The number of nitrogens with zero attached hydrogens (tertiary/aromatic N) is 5.